The molecule has 29 heavy (non-hydrogen) atoms. The lowest BCUT2D eigenvalue weighted by Crippen LogP contribution is -2.24. The van der Waals surface area contributed by atoms with Gasteiger partial charge in [0.2, 0.25) is 0 Å². The Kier molecular flexibility index (Phi) is 5.22. The molecule has 0 unspecified atom stereocenters. The summed E-state index contributed by atoms with van der Waals surface area (Å²) in [5, 5.41) is 2.87. The zero-order chi connectivity index (χ0) is 22.4. The van der Waals surface area contributed by atoms with Crippen molar-refractivity contribution in [1.29, 1.82) is 0 Å². The number of rotatable bonds is 7. The van der Waals surface area contributed by atoms with E-state index in [0.717, 1.165) is 17.0 Å². The van der Waals surface area contributed by atoms with E-state index in [1.807, 2.05) is 13.8 Å². The molecule has 0 spiro atoms. The van der Waals surface area contributed by atoms with Gasteiger partial charge in [-0.1, -0.05) is 51.6 Å². The van der Waals surface area contributed by atoms with Gasteiger partial charge >= 0.3 is 10.2 Å². The highest BCUT2D eigenvalue weighted by Crippen LogP contribution is 3.02. The molecule has 2 rings (SSSR count). The fourth-order valence-corrected chi connectivity index (χ4v) is 5.81. The minimum absolute atomic E-state index is 0.198. The molecule has 0 heterocycles. The molecule has 0 saturated heterocycles. The van der Waals surface area contributed by atoms with Gasteiger partial charge in [0.15, 0.2) is 0 Å². The van der Waals surface area contributed by atoms with Gasteiger partial charge in [-0.15, -0.1) is 0 Å². The van der Waals surface area contributed by atoms with Gasteiger partial charge in [0.25, 0.3) is 0 Å². The van der Waals surface area contributed by atoms with Gasteiger partial charge in [-0.05, 0) is 59.2 Å². The average Bonchev–Trinajstić information content (AvgIpc) is 2.52. The molecule has 0 aromatic heterocycles. The van der Waals surface area contributed by atoms with Gasteiger partial charge in [-0.25, -0.2) is 4.39 Å². The number of halogens is 6. The van der Waals surface area contributed by atoms with Gasteiger partial charge in [0.05, 0.1) is 0 Å². The van der Waals surface area contributed by atoms with Crippen molar-refractivity contribution in [1.82, 2.24) is 0 Å². The Labute approximate surface area is 167 Å². The maximum absolute atomic E-state index is 13.2. The first-order chi connectivity index (χ1) is 12.8. The second-order valence-corrected chi connectivity index (χ2v) is 12.9. The lowest BCUT2D eigenvalue weighted by Gasteiger charge is -2.40. The Balaban J connectivity index is 2.18. The van der Waals surface area contributed by atoms with Crippen LogP contribution in [0.5, 0.6) is 0 Å². The molecule has 0 saturated carbocycles. The molecule has 1 nitrogen and oxygen atoms in total. The average molecular weight is 456 g/mol. The number of benzene rings is 2. The molecular formula is C20H23F6NS2. The van der Waals surface area contributed by atoms with Crippen molar-refractivity contribution in [2.24, 2.45) is 5.41 Å². The first-order valence-electron chi connectivity index (χ1n) is 8.33. The molecule has 9 heteroatoms. The predicted octanol–water partition coefficient (Wildman–Crippen LogP) is 8.16. The summed E-state index contributed by atoms with van der Waals surface area (Å²) in [4.78, 5) is -1.16. The summed E-state index contributed by atoms with van der Waals surface area (Å²) >= 11 is 0. The normalized spacial score (nSPS) is 15.3. The Morgan fingerprint density at radius 1 is 0.931 bits per heavy atom. The van der Waals surface area contributed by atoms with Crippen LogP contribution in [-0.2, 0) is 0 Å². The van der Waals surface area contributed by atoms with E-state index in [1.165, 1.54) is 12.1 Å². The van der Waals surface area contributed by atoms with E-state index in [2.05, 4.69) is 23.6 Å². The maximum atomic E-state index is 13.2. The van der Waals surface area contributed by atoms with Crippen LogP contribution in [0.15, 0.2) is 70.6 Å². The van der Waals surface area contributed by atoms with Crippen molar-refractivity contribution in [2.45, 2.75) is 23.6 Å². The van der Waals surface area contributed by atoms with E-state index in [1.54, 1.807) is 12.1 Å². The fraction of sp³-hybridized carbons (Fsp3) is 0.200. The topological polar surface area (TPSA) is 12.0 Å². The molecule has 1 N–H and O–H groups in total. The molecule has 0 atom stereocenters. The van der Waals surface area contributed by atoms with E-state index in [9.17, 15) is 23.8 Å². The van der Waals surface area contributed by atoms with Crippen LogP contribution in [0.4, 0.5) is 29.5 Å². The number of anilines is 1. The van der Waals surface area contributed by atoms with Crippen LogP contribution in [0.2, 0.25) is 0 Å². The Morgan fingerprint density at radius 2 is 1.41 bits per heavy atom. The number of nitrogens with one attached hydrogen (secondary N) is 1. The summed E-state index contributed by atoms with van der Waals surface area (Å²) in [7, 11) is -11.5. The molecule has 0 radical (unpaired) electrons. The minimum Gasteiger partial charge on any atom is -0.359 e. The van der Waals surface area contributed by atoms with Crippen LogP contribution in [0.3, 0.4) is 0 Å². The molecule has 0 bridgehead atoms. The minimum atomic E-state index is -9.71. The van der Waals surface area contributed by atoms with Crippen molar-refractivity contribution in [2.75, 3.05) is 11.1 Å². The van der Waals surface area contributed by atoms with Gasteiger partial charge in [0.1, 0.15) is 10.7 Å². The lowest BCUT2D eigenvalue weighted by atomic mass is 9.92. The number of allylic oxidation sites excluding steroid dienone is 1. The van der Waals surface area contributed by atoms with Crippen LogP contribution < -0.4 is 5.32 Å². The molecule has 0 aliphatic heterocycles. The number of hydrogen-bond donors (Lipinski definition) is 1. The third-order valence-corrected chi connectivity index (χ3v) is 8.07. The standard InChI is InChI=1S/C20H23F6NS2/c1-15(27-17-8-12-19(13-9-17)29(22,23,24,25)26)20(2,3)14-28(4,5)18-10-6-16(21)7-11-18/h6-13,27H,1,4-5,14H2,2-3H3. The molecule has 0 aliphatic carbocycles. The van der Waals surface area contributed by atoms with Crippen LogP contribution >= 0.6 is 19.4 Å². The van der Waals surface area contributed by atoms with Crippen LogP contribution in [0, 0.1) is 11.2 Å². The predicted molar refractivity (Wildman–Crippen MR) is 116 cm³/mol. The summed E-state index contributed by atoms with van der Waals surface area (Å²) in [5.41, 5.74) is 0.0690. The smallest absolute Gasteiger partial charge is 0.310 e. The number of hydrogen-bond acceptors (Lipinski definition) is 1. The molecule has 2 aromatic carbocycles. The Morgan fingerprint density at radius 3 is 1.86 bits per heavy atom. The highest BCUT2D eigenvalue weighted by atomic mass is 32.5. The maximum Gasteiger partial charge on any atom is 0.310 e. The van der Waals surface area contributed by atoms with Crippen molar-refractivity contribution in [3.63, 3.8) is 0 Å². The molecule has 0 aliphatic rings. The van der Waals surface area contributed by atoms with Gasteiger partial charge in [0, 0.05) is 16.8 Å². The van der Waals surface area contributed by atoms with Gasteiger partial charge in [-0.2, -0.15) is 9.21 Å². The third kappa shape index (κ3) is 5.99. The second kappa shape index (κ2) is 6.50. The van der Waals surface area contributed by atoms with Crippen molar-refractivity contribution < 1.29 is 23.8 Å². The molecular weight excluding hydrogens is 432 g/mol. The zero-order valence-corrected chi connectivity index (χ0v) is 17.7. The van der Waals surface area contributed by atoms with Crippen molar-refractivity contribution >= 4 is 36.9 Å². The van der Waals surface area contributed by atoms with Crippen molar-refractivity contribution in [3.05, 3.63) is 66.6 Å². The fourth-order valence-electron chi connectivity index (χ4n) is 2.72. The van der Waals surface area contributed by atoms with Gasteiger partial charge in [-0.3, -0.25) is 0 Å². The first kappa shape index (κ1) is 23.3. The van der Waals surface area contributed by atoms with Crippen molar-refractivity contribution in [3.8, 4) is 0 Å². The van der Waals surface area contributed by atoms with Gasteiger partial charge < -0.3 is 5.32 Å². The molecule has 0 fully saturated rings. The summed E-state index contributed by atoms with van der Waals surface area (Å²) in [5.74, 6) is 8.44. The van der Waals surface area contributed by atoms with Crippen LogP contribution in [-0.4, -0.2) is 17.5 Å². The largest absolute Gasteiger partial charge is 0.359 e. The first-order valence-corrected chi connectivity index (χ1v) is 12.4. The van der Waals surface area contributed by atoms with E-state index in [4.69, 9.17) is 0 Å². The Hall–Kier alpha value is -2.00. The highest BCUT2D eigenvalue weighted by molar-refractivity contribution is 8.45. The monoisotopic (exact) mass is 455 g/mol. The van der Waals surface area contributed by atoms with E-state index in [0.29, 0.717) is 23.6 Å². The van der Waals surface area contributed by atoms with E-state index < -0.39 is 29.7 Å². The third-order valence-electron chi connectivity index (χ3n) is 4.36. The summed E-state index contributed by atoms with van der Waals surface area (Å²) in [6.07, 6.45) is 0. The molecule has 2 aromatic rings. The van der Waals surface area contributed by atoms with E-state index >= 15 is 0 Å². The Bertz CT molecular complexity index is 1020. The quantitative estimate of drug-likeness (QED) is 0.328. The summed E-state index contributed by atoms with van der Waals surface area (Å²) < 4.78 is 77.3. The summed E-state index contributed by atoms with van der Waals surface area (Å²) in [6.45, 7) is 7.64. The SMILES string of the molecule is C=C(Nc1ccc(S(F)(F)(F)(F)F)cc1)C(C)(C)CS(=C)(=C)c1ccc(F)cc1. The molecule has 0 amide bonds. The van der Waals surface area contributed by atoms with Crippen LogP contribution in [0.25, 0.3) is 0 Å². The second-order valence-electron chi connectivity index (χ2n) is 7.62. The van der Waals surface area contributed by atoms with Crippen LogP contribution in [0.1, 0.15) is 13.8 Å². The lowest BCUT2D eigenvalue weighted by molar-refractivity contribution is 0.364. The van der Waals surface area contributed by atoms with E-state index in [-0.39, 0.29) is 11.5 Å². The highest BCUT2D eigenvalue weighted by Gasteiger charge is 2.65. The zero-order valence-electron chi connectivity index (χ0n) is 16.0. The molecule has 162 valence electrons. The summed E-state index contributed by atoms with van der Waals surface area (Å²) in [6, 6.07) is 8.46.